The van der Waals surface area contributed by atoms with Crippen molar-refractivity contribution in [3.63, 3.8) is 0 Å². The van der Waals surface area contributed by atoms with E-state index < -0.39 is 43.1 Å². The largest absolute Gasteiger partial charge is 0.460 e. The Balaban J connectivity index is 5.36. The summed E-state index contributed by atoms with van der Waals surface area (Å²) in [6.07, 6.45) is -11.9. The van der Waals surface area contributed by atoms with Crippen molar-refractivity contribution in [2.75, 3.05) is 6.61 Å². The molecule has 0 saturated heterocycles. The molecule has 110 valence electrons. The van der Waals surface area contributed by atoms with E-state index in [1.165, 1.54) is 0 Å². The van der Waals surface area contributed by atoms with Crippen molar-refractivity contribution >= 4 is 0 Å². The molecule has 0 saturated carbocycles. The summed E-state index contributed by atoms with van der Waals surface area (Å²) in [7, 11) is 0. The Hall–Kier alpha value is -0.710. The number of alkyl halides is 9. The topological polar surface area (TPSA) is 40.5 Å². The SMILES string of the molecule is OC[C@H](O)CC(F)(F)C(F)(F)C(F)(F)C(F)(F)F. The molecule has 11 heteroatoms. The van der Waals surface area contributed by atoms with Crippen LogP contribution in [-0.2, 0) is 0 Å². The van der Waals surface area contributed by atoms with E-state index in [0.717, 1.165) is 0 Å². The smallest absolute Gasteiger partial charge is 0.394 e. The lowest BCUT2D eigenvalue weighted by atomic mass is 9.99. The highest BCUT2D eigenvalue weighted by atomic mass is 19.4. The molecule has 0 rings (SSSR count). The van der Waals surface area contributed by atoms with Crippen LogP contribution < -0.4 is 0 Å². The average molecular weight is 294 g/mol. The van der Waals surface area contributed by atoms with E-state index in [1.54, 1.807) is 0 Å². The lowest BCUT2D eigenvalue weighted by Gasteiger charge is -2.34. The van der Waals surface area contributed by atoms with E-state index in [9.17, 15) is 39.5 Å². The van der Waals surface area contributed by atoms with Crippen molar-refractivity contribution in [3.8, 4) is 0 Å². The zero-order valence-corrected chi connectivity index (χ0v) is 8.29. The molecular weight excluding hydrogens is 287 g/mol. The third-order valence-corrected chi connectivity index (χ3v) is 1.91. The van der Waals surface area contributed by atoms with Crippen molar-refractivity contribution in [2.24, 2.45) is 0 Å². The number of aliphatic hydroxyl groups excluding tert-OH is 2. The molecule has 0 heterocycles. The second-order valence-corrected chi connectivity index (χ2v) is 3.39. The molecule has 1 atom stereocenters. The van der Waals surface area contributed by atoms with Crippen LogP contribution in [0.3, 0.4) is 0 Å². The van der Waals surface area contributed by atoms with Gasteiger partial charge in [0.2, 0.25) is 0 Å². The Bertz CT molecular complexity index is 285. The van der Waals surface area contributed by atoms with Gasteiger partial charge in [-0.05, 0) is 0 Å². The van der Waals surface area contributed by atoms with Gasteiger partial charge in [0.05, 0.1) is 12.7 Å². The molecule has 0 aliphatic heterocycles. The number of aliphatic hydroxyl groups is 2. The third-order valence-electron chi connectivity index (χ3n) is 1.91. The minimum Gasteiger partial charge on any atom is -0.394 e. The van der Waals surface area contributed by atoms with Crippen molar-refractivity contribution in [1.29, 1.82) is 0 Å². The molecule has 0 bridgehead atoms. The maximum atomic E-state index is 12.7. The zero-order chi connectivity index (χ0) is 15.0. The summed E-state index contributed by atoms with van der Waals surface area (Å²) in [6.45, 7) is -1.50. The minimum atomic E-state index is -6.97. The Morgan fingerprint density at radius 3 is 1.44 bits per heavy atom. The van der Waals surface area contributed by atoms with Crippen molar-refractivity contribution in [2.45, 2.75) is 36.5 Å². The molecule has 0 aliphatic rings. The van der Waals surface area contributed by atoms with Crippen LogP contribution in [0.15, 0.2) is 0 Å². The Labute approximate surface area is 94.0 Å². The van der Waals surface area contributed by atoms with Crippen molar-refractivity contribution in [3.05, 3.63) is 0 Å². The Kier molecular flexibility index (Phi) is 4.57. The van der Waals surface area contributed by atoms with Gasteiger partial charge in [-0.2, -0.15) is 39.5 Å². The Morgan fingerprint density at radius 2 is 1.17 bits per heavy atom. The summed E-state index contributed by atoms with van der Waals surface area (Å²) in [5, 5.41) is 16.5. The van der Waals surface area contributed by atoms with E-state index in [1.807, 2.05) is 0 Å². The lowest BCUT2D eigenvalue weighted by molar-refractivity contribution is -0.398. The van der Waals surface area contributed by atoms with Gasteiger partial charge in [0.25, 0.3) is 0 Å². The van der Waals surface area contributed by atoms with Gasteiger partial charge >= 0.3 is 23.9 Å². The van der Waals surface area contributed by atoms with Gasteiger partial charge in [0.1, 0.15) is 0 Å². The van der Waals surface area contributed by atoms with E-state index in [-0.39, 0.29) is 0 Å². The molecule has 0 fully saturated rings. The molecule has 0 aromatic carbocycles. The van der Waals surface area contributed by atoms with Crippen LogP contribution in [0, 0.1) is 0 Å². The number of hydrogen-bond acceptors (Lipinski definition) is 2. The summed E-state index contributed by atoms with van der Waals surface area (Å²) >= 11 is 0. The first kappa shape index (κ1) is 17.3. The highest BCUT2D eigenvalue weighted by Gasteiger charge is 2.81. The Morgan fingerprint density at radius 1 is 0.778 bits per heavy atom. The van der Waals surface area contributed by atoms with Gasteiger partial charge in [0, 0.05) is 6.42 Å². The first-order chi connectivity index (χ1) is 7.70. The molecule has 0 amide bonds. The third kappa shape index (κ3) is 2.82. The highest BCUT2D eigenvalue weighted by molar-refractivity contribution is 5.00. The molecule has 0 aromatic rings. The molecule has 2 nitrogen and oxygen atoms in total. The van der Waals surface area contributed by atoms with Crippen molar-refractivity contribution in [1.82, 2.24) is 0 Å². The quantitative estimate of drug-likeness (QED) is 0.763. The average Bonchev–Trinajstić information content (AvgIpc) is 2.14. The van der Waals surface area contributed by atoms with Gasteiger partial charge in [-0.1, -0.05) is 0 Å². The fourth-order valence-electron chi connectivity index (χ4n) is 0.896. The fourth-order valence-corrected chi connectivity index (χ4v) is 0.896. The van der Waals surface area contributed by atoms with E-state index in [4.69, 9.17) is 10.2 Å². The number of halogens is 9. The monoisotopic (exact) mass is 294 g/mol. The molecule has 0 spiro atoms. The molecule has 2 N–H and O–H groups in total. The number of rotatable bonds is 5. The van der Waals surface area contributed by atoms with E-state index >= 15 is 0 Å². The van der Waals surface area contributed by atoms with Gasteiger partial charge < -0.3 is 10.2 Å². The van der Waals surface area contributed by atoms with Crippen LogP contribution in [0.2, 0.25) is 0 Å². The molecule has 0 aromatic heterocycles. The molecule has 0 unspecified atom stereocenters. The summed E-state index contributed by atoms with van der Waals surface area (Å²) in [5.74, 6) is -19.6. The predicted molar refractivity (Wildman–Crippen MR) is 38.6 cm³/mol. The second-order valence-electron chi connectivity index (χ2n) is 3.39. The van der Waals surface area contributed by atoms with Gasteiger partial charge in [-0.25, -0.2) is 0 Å². The maximum absolute atomic E-state index is 12.7. The summed E-state index contributed by atoms with van der Waals surface area (Å²) in [5.41, 5.74) is 0. The van der Waals surface area contributed by atoms with Crippen LogP contribution in [0.4, 0.5) is 39.5 Å². The van der Waals surface area contributed by atoms with Crippen molar-refractivity contribution < 1.29 is 49.7 Å². The van der Waals surface area contributed by atoms with Gasteiger partial charge in [-0.3, -0.25) is 0 Å². The number of hydrogen-bond donors (Lipinski definition) is 2. The summed E-state index contributed by atoms with van der Waals surface area (Å²) in [4.78, 5) is 0. The first-order valence-corrected chi connectivity index (χ1v) is 4.20. The normalized spacial score (nSPS) is 16.8. The minimum absolute atomic E-state index is 1.50. The lowest BCUT2D eigenvalue weighted by Crippen LogP contribution is -2.61. The van der Waals surface area contributed by atoms with Crippen LogP contribution in [0.25, 0.3) is 0 Å². The van der Waals surface area contributed by atoms with E-state index in [2.05, 4.69) is 0 Å². The van der Waals surface area contributed by atoms with Crippen LogP contribution >= 0.6 is 0 Å². The predicted octanol–water partition coefficient (Wildman–Crippen LogP) is 2.20. The van der Waals surface area contributed by atoms with Gasteiger partial charge in [-0.15, -0.1) is 0 Å². The standard InChI is InChI=1S/C7H7F9O2/c8-4(9,1-3(18)2-17)5(10,11)6(12,13)7(14,15)16/h3,17-18H,1-2H2/t3-/m1/s1. The fraction of sp³-hybridized carbons (Fsp3) is 1.00. The van der Waals surface area contributed by atoms with Crippen LogP contribution in [-0.4, -0.2) is 46.9 Å². The van der Waals surface area contributed by atoms with Crippen LogP contribution in [0.5, 0.6) is 0 Å². The van der Waals surface area contributed by atoms with E-state index in [0.29, 0.717) is 0 Å². The highest BCUT2D eigenvalue weighted by Crippen LogP contribution is 2.54. The zero-order valence-electron chi connectivity index (χ0n) is 8.29. The molecule has 18 heavy (non-hydrogen) atoms. The summed E-state index contributed by atoms with van der Waals surface area (Å²) in [6, 6.07) is 0. The second kappa shape index (κ2) is 4.76. The summed E-state index contributed by atoms with van der Waals surface area (Å²) < 4.78 is 110. The molecular formula is C7H7F9O2. The maximum Gasteiger partial charge on any atom is 0.460 e. The van der Waals surface area contributed by atoms with Crippen LogP contribution in [0.1, 0.15) is 6.42 Å². The first-order valence-electron chi connectivity index (χ1n) is 4.20. The molecule has 0 radical (unpaired) electrons. The molecule has 0 aliphatic carbocycles. The van der Waals surface area contributed by atoms with Gasteiger partial charge in [0.15, 0.2) is 0 Å².